The summed E-state index contributed by atoms with van der Waals surface area (Å²) in [6.45, 7) is 0.388. The molecule has 3 rings (SSSR count). The monoisotopic (exact) mass is 314 g/mol. The lowest BCUT2D eigenvalue weighted by Crippen LogP contribution is -2.34. The molecule has 1 aliphatic heterocycles. The van der Waals surface area contributed by atoms with Gasteiger partial charge in [-0.1, -0.05) is 36.4 Å². The summed E-state index contributed by atoms with van der Waals surface area (Å²) in [5.74, 6) is -1.43. The predicted octanol–water partition coefficient (Wildman–Crippen LogP) is 2.89. The minimum absolute atomic E-state index is 0.0521. The van der Waals surface area contributed by atoms with E-state index in [1.807, 2.05) is 41.3 Å². The molecule has 0 saturated heterocycles. The maximum Gasteiger partial charge on any atom is 0.231 e. The minimum Gasteiger partial charge on any atom is -0.369 e. The molecule has 0 bridgehead atoms. The van der Waals surface area contributed by atoms with E-state index < -0.39 is 17.5 Å². The highest BCUT2D eigenvalue weighted by atomic mass is 19.1. The fourth-order valence-corrected chi connectivity index (χ4v) is 2.90. The molecule has 0 aliphatic carbocycles. The molecule has 2 aromatic rings. The zero-order valence-electron chi connectivity index (χ0n) is 12.4. The Morgan fingerprint density at radius 1 is 1.17 bits per heavy atom. The van der Waals surface area contributed by atoms with Gasteiger partial charge in [0.2, 0.25) is 5.91 Å². The van der Waals surface area contributed by atoms with Crippen LogP contribution in [0.5, 0.6) is 0 Å². The minimum atomic E-state index is -0.494. The van der Waals surface area contributed by atoms with Crippen molar-refractivity contribution in [2.75, 3.05) is 13.1 Å². The van der Waals surface area contributed by atoms with E-state index in [0.29, 0.717) is 12.1 Å². The lowest BCUT2D eigenvalue weighted by molar-refractivity contribution is -0.119. The van der Waals surface area contributed by atoms with Gasteiger partial charge in [0, 0.05) is 12.1 Å². The number of hydrogen-bond acceptors (Lipinski definition) is 2. The first-order chi connectivity index (χ1) is 11.0. The van der Waals surface area contributed by atoms with Gasteiger partial charge in [-0.3, -0.25) is 9.69 Å². The summed E-state index contributed by atoms with van der Waals surface area (Å²) in [4.78, 5) is 13.2. The molecule has 0 fully saturated rings. The van der Waals surface area contributed by atoms with Crippen molar-refractivity contribution in [3.05, 3.63) is 77.4 Å². The van der Waals surface area contributed by atoms with E-state index in [1.165, 1.54) is 6.07 Å². The average molecular weight is 314 g/mol. The van der Waals surface area contributed by atoms with Crippen LogP contribution in [0.25, 0.3) is 5.57 Å². The Bertz CT molecular complexity index is 759. The summed E-state index contributed by atoms with van der Waals surface area (Å²) in [5, 5.41) is 0. The number of nitrogens with zero attached hydrogens (tertiary/aromatic N) is 1. The number of amides is 1. The number of benzene rings is 2. The molecule has 0 radical (unpaired) electrons. The van der Waals surface area contributed by atoms with Crippen molar-refractivity contribution in [3.8, 4) is 0 Å². The molecule has 23 heavy (non-hydrogen) atoms. The van der Waals surface area contributed by atoms with E-state index in [-0.39, 0.29) is 18.2 Å². The third-order valence-corrected chi connectivity index (χ3v) is 3.90. The maximum absolute atomic E-state index is 14.0. The molecule has 0 saturated carbocycles. The largest absolute Gasteiger partial charge is 0.369 e. The zero-order chi connectivity index (χ0) is 16.4. The highest BCUT2D eigenvalue weighted by Crippen LogP contribution is 2.35. The first-order valence-corrected chi connectivity index (χ1v) is 7.28. The Kier molecular flexibility index (Phi) is 4.21. The van der Waals surface area contributed by atoms with Gasteiger partial charge in [-0.2, -0.15) is 0 Å². The molecule has 0 aromatic heterocycles. The van der Waals surface area contributed by atoms with E-state index in [2.05, 4.69) is 0 Å². The summed E-state index contributed by atoms with van der Waals surface area (Å²) >= 11 is 0. The molecule has 1 aliphatic rings. The number of carbonyl (C=O) groups excluding carboxylic acids is 1. The molecule has 5 heteroatoms. The Balaban J connectivity index is 1.99. The van der Waals surface area contributed by atoms with Crippen LogP contribution in [0.15, 0.2) is 54.6 Å². The van der Waals surface area contributed by atoms with Crippen LogP contribution in [0.2, 0.25) is 0 Å². The highest BCUT2D eigenvalue weighted by Gasteiger charge is 2.28. The summed E-state index contributed by atoms with van der Waals surface area (Å²) in [7, 11) is 0. The number of carbonyl (C=O) groups is 1. The van der Waals surface area contributed by atoms with Crippen LogP contribution in [0.4, 0.5) is 8.78 Å². The maximum atomic E-state index is 14.0. The summed E-state index contributed by atoms with van der Waals surface area (Å²) in [5.41, 5.74) is 7.16. The topological polar surface area (TPSA) is 46.3 Å². The summed E-state index contributed by atoms with van der Waals surface area (Å²) < 4.78 is 27.5. The lowest BCUT2D eigenvalue weighted by Gasteiger charge is -2.23. The van der Waals surface area contributed by atoms with Gasteiger partial charge in [0.1, 0.15) is 11.6 Å². The number of primary amides is 1. The van der Waals surface area contributed by atoms with Gasteiger partial charge in [-0.15, -0.1) is 0 Å². The van der Waals surface area contributed by atoms with Crippen LogP contribution in [-0.2, 0) is 4.79 Å². The van der Waals surface area contributed by atoms with E-state index in [9.17, 15) is 13.6 Å². The van der Waals surface area contributed by atoms with Crippen LogP contribution < -0.4 is 5.73 Å². The second-order valence-electron chi connectivity index (χ2n) is 5.54. The number of hydrogen-bond donors (Lipinski definition) is 1. The molecule has 1 amide bonds. The molecular formula is C18H16F2N2O. The molecular weight excluding hydrogens is 298 g/mol. The van der Waals surface area contributed by atoms with E-state index >= 15 is 0 Å². The van der Waals surface area contributed by atoms with Crippen LogP contribution >= 0.6 is 0 Å². The SMILES string of the molecule is NC(=O)CN1CC(c2cc(F)ccc2F)=C[C@H]1c1ccccc1. The van der Waals surface area contributed by atoms with Crippen molar-refractivity contribution < 1.29 is 13.6 Å². The molecule has 2 N–H and O–H groups in total. The zero-order valence-corrected chi connectivity index (χ0v) is 12.4. The van der Waals surface area contributed by atoms with Crippen molar-refractivity contribution in [1.82, 2.24) is 4.90 Å². The summed E-state index contributed by atoms with van der Waals surface area (Å²) in [6, 6.07) is 12.7. The predicted molar refractivity (Wildman–Crippen MR) is 84.3 cm³/mol. The van der Waals surface area contributed by atoms with Crippen LogP contribution in [0.1, 0.15) is 17.2 Å². The van der Waals surface area contributed by atoms with E-state index in [4.69, 9.17) is 5.73 Å². The molecule has 1 heterocycles. The van der Waals surface area contributed by atoms with Gasteiger partial charge in [0.15, 0.2) is 0 Å². The van der Waals surface area contributed by atoms with Crippen molar-refractivity contribution in [2.45, 2.75) is 6.04 Å². The first-order valence-electron chi connectivity index (χ1n) is 7.28. The lowest BCUT2D eigenvalue weighted by atomic mass is 10.0. The molecule has 2 aromatic carbocycles. The van der Waals surface area contributed by atoms with Gasteiger partial charge in [-0.05, 0) is 29.3 Å². The van der Waals surface area contributed by atoms with Gasteiger partial charge in [-0.25, -0.2) is 8.78 Å². The van der Waals surface area contributed by atoms with Crippen LogP contribution in [0, 0.1) is 11.6 Å². The molecule has 0 unspecified atom stereocenters. The van der Waals surface area contributed by atoms with E-state index in [0.717, 1.165) is 17.7 Å². The fourth-order valence-electron chi connectivity index (χ4n) is 2.90. The normalized spacial score (nSPS) is 18.0. The smallest absolute Gasteiger partial charge is 0.231 e. The standard InChI is InChI=1S/C18H16F2N2O/c19-14-6-7-16(20)15(9-14)13-8-17(12-4-2-1-3-5-12)22(10-13)11-18(21)23/h1-9,17H,10-11H2,(H2,21,23)/t17-/m0/s1. The molecule has 1 atom stereocenters. The Labute approximate surface area is 133 Å². The second kappa shape index (κ2) is 6.30. The quantitative estimate of drug-likeness (QED) is 0.943. The highest BCUT2D eigenvalue weighted by molar-refractivity contribution is 5.78. The number of nitrogens with two attached hydrogens (primary N) is 1. The molecule has 3 nitrogen and oxygen atoms in total. The van der Waals surface area contributed by atoms with Crippen molar-refractivity contribution in [3.63, 3.8) is 0 Å². The Morgan fingerprint density at radius 3 is 2.61 bits per heavy atom. The van der Waals surface area contributed by atoms with Crippen molar-refractivity contribution in [1.29, 1.82) is 0 Å². The summed E-state index contributed by atoms with van der Waals surface area (Å²) in [6.07, 6.45) is 1.86. The Hall–Kier alpha value is -2.53. The molecule has 118 valence electrons. The number of rotatable bonds is 4. The average Bonchev–Trinajstić information content (AvgIpc) is 2.93. The van der Waals surface area contributed by atoms with Gasteiger partial charge >= 0.3 is 0 Å². The van der Waals surface area contributed by atoms with Crippen LogP contribution in [-0.4, -0.2) is 23.9 Å². The third kappa shape index (κ3) is 3.29. The van der Waals surface area contributed by atoms with E-state index in [1.54, 1.807) is 0 Å². The first kappa shape index (κ1) is 15.4. The van der Waals surface area contributed by atoms with Crippen molar-refractivity contribution in [2.24, 2.45) is 5.73 Å². The van der Waals surface area contributed by atoms with Crippen LogP contribution in [0.3, 0.4) is 0 Å². The second-order valence-corrected chi connectivity index (χ2v) is 5.54. The molecule has 0 spiro atoms. The van der Waals surface area contributed by atoms with Gasteiger partial charge in [0.25, 0.3) is 0 Å². The number of halogens is 2. The third-order valence-electron chi connectivity index (χ3n) is 3.90. The fraction of sp³-hybridized carbons (Fsp3) is 0.167. The van der Waals surface area contributed by atoms with Crippen molar-refractivity contribution >= 4 is 11.5 Å². The Morgan fingerprint density at radius 2 is 1.91 bits per heavy atom. The van der Waals surface area contributed by atoms with Gasteiger partial charge < -0.3 is 5.73 Å². The van der Waals surface area contributed by atoms with Gasteiger partial charge in [0.05, 0.1) is 12.6 Å².